The molecule has 0 bridgehead atoms. The molecule has 0 amide bonds. The van der Waals surface area contributed by atoms with E-state index in [-0.39, 0.29) is 0 Å². The van der Waals surface area contributed by atoms with Crippen LogP contribution in [0.4, 0.5) is 11.4 Å². The van der Waals surface area contributed by atoms with Crippen LogP contribution in [-0.2, 0) is 6.61 Å². The molecule has 4 nitrogen and oxygen atoms in total. The Balaban J connectivity index is 1.58. The highest BCUT2D eigenvalue weighted by Crippen LogP contribution is 2.22. The zero-order chi connectivity index (χ0) is 15.9. The Labute approximate surface area is 135 Å². The Kier molecular flexibility index (Phi) is 4.74. The number of pyridine rings is 1. The molecule has 1 aromatic heterocycles. The number of benzene rings is 2. The quantitative estimate of drug-likeness (QED) is 0.732. The SMILES string of the molecule is COc1ccc(Nc2ccc(OCc3cccnc3)cc2)cc1. The number of methoxy groups -OCH3 is 1. The zero-order valence-corrected chi connectivity index (χ0v) is 12.9. The average Bonchev–Trinajstić information content (AvgIpc) is 2.63. The highest BCUT2D eigenvalue weighted by atomic mass is 16.5. The number of aromatic nitrogens is 1. The fourth-order valence-electron chi connectivity index (χ4n) is 2.13. The van der Waals surface area contributed by atoms with Crippen LogP contribution >= 0.6 is 0 Å². The van der Waals surface area contributed by atoms with Crippen LogP contribution in [0, 0.1) is 0 Å². The molecule has 116 valence electrons. The summed E-state index contributed by atoms with van der Waals surface area (Å²) < 4.78 is 10.9. The molecule has 3 aromatic rings. The first-order valence-corrected chi connectivity index (χ1v) is 7.36. The predicted octanol–water partition coefficient (Wildman–Crippen LogP) is 4.41. The Morgan fingerprint density at radius 2 is 1.52 bits per heavy atom. The summed E-state index contributed by atoms with van der Waals surface area (Å²) in [6.07, 6.45) is 3.56. The van der Waals surface area contributed by atoms with E-state index in [0.717, 1.165) is 28.4 Å². The van der Waals surface area contributed by atoms with E-state index in [1.807, 2.05) is 60.7 Å². The van der Waals surface area contributed by atoms with Crippen LogP contribution in [0.5, 0.6) is 11.5 Å². The van der Waals surface area contributed by atoms with Gasteiger partial charge < -0.3 is 14.8 Å². The number of nitrogens with one attached hydrogen (secondary N) is 1. The van der Waals surface area contributed by atoms with E-state index in [1.165, 1.54) is 0 Å². The lowest BCUT2D eigenvalue weighted by Crippen LogP contribution is -1.96. The van der Waals surface area contributed by atoms with Crippen LogP contribution in [0.3, 0.4) is 0 Å². The summed E-state index contributed by atoms with van der Waals surface area (Å²) in [6.45, 7) is 0.513. The van der Waals surface area contributed by atoms with Gasteiger partial charge in [0.2, 0.25) is 0 Å². The first kappa shape index (κ1) is 14.9. The Hall–Kier alpha value is -3.01. The molecule has 0 fully saturated rings. The molecule has 1 heterocycles. The Morgan fingerprint density at radius 1 is 0.870 bits per heavy atom. The first-order valence-electron chi connectivity index (χ1n) is 7.36. The van der Waals surface area contributed by atoms with Crippen molar-refractivity contribution in [3.8, 4) is 11.5 Å². The summed E-state index contributed by atoms with van der Waals surface area (Å²) in [6, 6.07) is 19.6. The monoisotopic (exact) mass is 306 g/mol. The van der Waals surface area contributed by atoms with Crippen molar-refractivity contribution in [3.63, 3.8) is 0 Å². The van der Waals surface area contributed by atoms with Gasteiger partial charge in [-0.15, -0.1) is 0 Å². The average molecular weight is 306 g/mol. The second-order valence-electron chi connectivity index (χ2n) is 5.03. The molecule has 0 radical (unpaired) electrons. The number of hydrogen-bond donors (Lipinski definition) is 1. The van der Waals surface area contributed by atoms with Crippen LogP contribution < -0.4 is 14.8 Å². The van der Waals surface area contributed by atoms with Crippen LogP contribution in [0.25, 0.3) is 0 Å². The van der Waals surface area contributed by atoms with Gasteiger partial charge in [-0.3, -0.25) is 4.98 Å². The summed E-state index contributed by atoms with van der Waals surface area (Å²) >= 11 is 0. The lowest BCUT2D eigenvalue weighted by Gasteiger charge is -2.09. The van der Waals surface area contributed by atoms with Crippen molar-refractivity contribution in [3.05, 3.63) is 78.6 Å². The standard InChI is InChI=1S/C19H18N2O2/c1-22-18-8-4-16(5-9-18)21-17-6-10-19(11-7-17)23-14-15-3-2-12-20-13-15/h2-13,21H,14H2,1H3. The van der Waals surface area contributed by atoms with E-state index >= 15 is 0 Å². The van der Waals surface area contributed by atoms with E-state index in [2.05, 4.69) is 10.3 Å². The number of hydrogen-bond acceptors (Lipinski definition) is 4. The molecule has 0 saturated heterocycles. The topological polar surface area (TPSA) is 43.4 Å². The molecular weight excluding hydrogens is 288 g/mol. The minimum absolute atomic E-state index is 0.513. The normalized spacial score (nSPS) is 10.1. The third-order valence-electron chi connectivity index (χ3n) is 3.36. The van der Waals surface area contributed by atoms with E-state index in [9.17, 15) is 0 Å². The lowest BCUT2D eigenvalue weighted by atomic mass is 10.2. The maximum absolute atomic E-state index is 5.74. The predicted molar refractivity (Wildman–Crippen MR) is 91.3 cm³/mol. The molecule has 23 heavy (non-hydrogen) atoms. The molecule has 0 unspecified atom stereocenters. The van der Waals surface area contributed by atoms with Gasteiger partial charge in [0.1, 0.15) is 18.1 Å². The van der Waals surface area contributed by atoms with E-state index in [0.29, 0.717) is 6.61 Å². The van der Waals surface area contributed by atoms with Gasteiger partial charge >= 0.3 is 0 Å². The Bertz CT molecular complexity index is 726. The molecule has 4 heteroatoms. The molecule has 0 saturated carbocycles. The van der Waals surface area contributed by atoms with Crippen molar-refractivity contribution in [2.24, 2.45) is 0 Å². The van der Waals surface area contributed by atoms with Crippen molar-refractivity contribution in [1.82, 2.24) is 4.98 Å². The summed E-state index contributed by atoms with van der Waals surface area (Å²) in [5.74, 6) is 1.67. The fourth-order valence-corrected chi connectivity index (χ4v) is 2.13. The number of ether oxygens (including phenoxy) is 2. The molecule has 2 aromatic carbocycles. The number of anilines is 2. The highest BCUT2D eigenvalue weighted by Gasteiger charge is 1.99. The van der Waals surface area contributed by atoms with Gasteiger partial charge in [0, 0.05) is 29.3 Å². The second-order valence-corrected chi connectivity index (χ2v) is 5.03. The Morgan fingerprint density at radius 3 is 2.09 bits per heavy atom. The largest absolute Gasteiger partial charge is 0.497 e. The van der Waals surface area contributed by atoms with E-state index in [1.54, 1.807) is 19.5 Å². The van der Waals surface area contributed by atoms with Gasteiger partial charge in [-0.25, -0.2) is 0 Å². The molecule has 0 spiro atoms. The fraction of sp³-hybridized carbons (Fsp3) is 0.105. The summed E-state index contributed by atoms with van der Waals surface area (Å²) in [5.41, 5.74) is 3.06. The van der Waals surface area contributed by atoms with Crippen LogP contribution in [0.2, 0.25) is 0 Å². The summed E-state index contributed by atoms with van der Waals surface area (Å²) in [4.78, 5) is 4.07. The van der Waals surface area contributed by atoms with Crippen LogP contribution in [0.15, 0.2) is 73.1 Å². The summed E-state index contributed by atoms with van der Waals surface area (Å²) in [7, 11) is 1.66. The van der Waals surface area contributed by atoms with Gasteiger partial charge in [0.15, 0.2) is 0 Å². The number of rotatable bonds is 6. The summed E-state index contributed by atoms with van der Waals surface area (Å²) in [5, 5.41) is 3.34. The first-order chi connectivity index (χ1) is 11.3. The highest BCUT2D eigenvalue weighted by molar-refractivity contribution is 5.60. The lowest BCUT2D eigenvalue weighted by molar-refractivity contribution is 0.306. The van der Waals surface area contributed by atoms with Crippen molar-refractivity contribution in [1.29, 1.82) is 0 Å². The van der Waals surface area contributed by atoms with Crippen LogP contribution in [-0.4, -0.2) is 12.1 Å². The third-order valence-corrected chi connectivity index (χ3v) is 3.36. The van der Waals surface area contributed by atoms with Gasteiger partial charge in [0.25, 0.3) is 0 Å². The zero-order valence-electron chi connectivity index (χ0n) is 12.9. The molecule has 0 atom stereocenters. The van der Waals surface area contributed by atoms with Crippen molar-refractivity contribution < 1.29 is 9.47 Å². The molecule has 1 N–H and O–H groups in total. The van der Waals surface area contributed by atoms with Gasteiger partial charge in [-0.2, -0.15) is 0 Å². The second kappa shape index (κ2) is 7.31. The van der Waals surface area contributed by atoms with Crippen molar-refractivity contribution >= 4 is 11.4 Å². The maximum atomic E-state index is 5.74. The van der Waals surface area contributed by atoms with E-state index < -0.39 is 0 Å². The van der Waals surface area contributed by atoms with Crippen molar-refractivity contribution in [2.75, 3.05) is 12.4 Å². The van der Waals surface area contributed by atoms with Gasteiger partial charge in [-0.1, -0.05) is 6.07 Å². The minimum atomic E-state index is 0.513. The van der Waals surface area contributed by atoms with Crippen LogP contribution in [0.1, 0.15) is 5.56 Å². The molecule has 3 rings (SSSR count). The van der Waals surface area contributed by atoms with Crippen molar-refractivity contribution in [2.45, 2.75) is 6.61 Å². The molecule has 0 aliphatic heterocycles. The molecule has 0 aliphatic carbocycles. The molecular formula is C19H18N2O2. The maximum Gasteiger partial charge on any atom is 0.119 e. The van der Waals surface area contributed by atoms with Gasteiger partial charge in [-0.05, 0) is 54.6 Å². The van der Waals surface area contributed by atoms with E-state index in [4.69, 9.17) is 9.47 Å². The molecule has 0 aliphatic rings. The third kappa shape index (κ3) is 4.23. The van der Waals surface area contributed by atoms with Gasteiger partial charge in [0.05, 0.1) is 7.11 Å². The number of nitrogens with zero attached hydrogens (tertiary/aromatic N) is 1. The minimum Gasteiger partial charge on any atom is -0.497 e. The smallest absolute Gasteiger partial charge is 0.119 e.